The van der Waals surface area contributed by atoms with E-state index in [0.717, 1.165) is 64.0 Å². The van der Waals surface area contributed by atoms with Gasteiger partial charge in [0.05, 0.1) is 0 Å². The van der Waals surface area contributed by atoms with Gasteiger partial charge in [0, 0.05) is 59.5 Å². The highest BCUT2D eigenvalue weighted by atomic mass is 127. The SMILES string of the molecule is CN=C(NCC1CCCN(CC(C)C)C1)N1CCN(C(=O)C2CCCO2)CC1.I. The van der Waals surface area contributed by atoms with Crippen LogP contribution in [0.1, 0.15) is 39.5 Å². The van der Waals surface area contributed by atoms with E-state index in [1.807, 2.05) is 11.9 Å². The number of piperidine rings is 1. The second-order valence-electron chi connectivity index (χ2n) is 8.90. The summed E-state index contributed by atoms with van der Waals surface area (Å²) in [6, 6.07) is 0. The van der Waals surface area contributed by atoms with Gasteiger partial charge in [-0.3, -0.25) is 9.79 Å². The Labute approximate surface area is 193 Å². The van der Waals surface area contributed by atoms with Gasteiger partial charge >= 0.3 is 0 Å². The van der Waals surface area contributed by atoms with Gasteiger partial charge in [-0.05, 0) is 44.1 Å². The van der Waals surface area contributed by atoms with Crippen molar-refractivity contribution in [1.82, 2.24) is 20.0 Å². The van der Waals surface area contributed by atoms with E-state index in [4.69, 9.17) is 4.74 Å². The van der Waals surface area contributed by atoms with Crippen LogP contribution in [0.3, 0.4) is 0 Å². The molecule has 3 aliphatic heterocycles. The number of hydrogen-bond donors (Lipinski definition) is 1. The molecular weight excluding hydrogens is 481 g/mol. The van der Waals surface area contributed by atoms with Crippen LogP contribution in [0.15, 0.2) is 4.99 Å². The molecule has 1 amide bonds. The molecule has 2 unspecified atom stereocenters. The highest BCUT2D eigenvalue weighted by Crippen LogP contribution is 2.18. The Kier molecular flexibility index (Phi) is 10.5. The molecule has 3 heterocycles. The van der Waals surface area contributed by atoms with Crippen molar-refractivity contribution in [3.05, 3.63) is 0 Å². The Morgan fingerprint density at radius 1 is 1.10 bits per heavy atom. The van der Waals surface area contributed by atoms with E-state index in [-0.39, 0.29) is 36.0 Å². The van der Waals surface area contributed by atoms with Gasteiger partial charge in [0.2, 0.25) is 0 Å². The first-order valence-corrected chi connectivity index (χ1v) is 11.1. The summed E-state index contributed by atoms with van der Waals surface area (Å²) in [6.45, 7) is 13.1. The fourth-order valence-electron chi connectivity index (χ4n) is 4.68. The van der Waals surface area contributed by atoms with Crippen LogP contribution in [0, 0.1) is 11.8 Å². The Morgan fingerprint density at radius 2 is 1.83 bits per heavy atom. The third-order valence-electron chi connectivity index (χ3n) is 6.08. The van der Waals surface area contributed by atoms with Crippen LogP contribution in [0.25, 0.3) is 0 Å². The molecule has 3 aliphatic rings. The molecule has 29 heavy (non-hydrogen) atoms. The average molecular weight is 521 g/mol. The number of nitrogens with one attached hydrogen (secondary N) is 1. The Bertz CT molecular complexity index is 531. The molecule has 2 atom stereocenters. The lowest BCUT2D eigenvalue weighted by molar-refractivity contribution is -0.142. The Hall–Kier alpha value is -0.610. The predicted octanol–water partition coefficient (Wildman–Crippen LogP) is 1.87. The van der Waals surface area contributed by atoms with Crippen molar-refractivity contribution in [1.29, 1.82) is 0 Å². The summed E-state index contributed by atoms with van der Waals surface area (Å²) >= 11 is 0. The number of carbonyl (C=O) groups is 1. The van der Waals surface area contributed by atoms with E-state index >= 15 is 0 Å². The van der Waals surface area contributed by atoms with Crippen LogP contribution in [0.5, 0.6) is 0 Å². The number of carbonyl (C=O) groups excluding carboxylic acids is 1. The number of likely N-dealkylation sites (tertiary alicyclic amines) is 1. The quantitative estimate of drug-likeness (QED) is 0.340. The number of hydrogen-bond acceptors (Lipinski definition) is 4. The maximum Gasteiger partial charge on any atom is 0.251 e. The second-order valence-corrected chi connectivity index (χ2v) is 8.90. The number of amides is 1. The van der Waals surface area contributed by atoms with E-state index in [1.165, 1.54) is 32.5 Å². The molecule has 7 nitrogen and oxygen atoms in total. The molecule has 0 bridgehead atoms. The van der Waals surface area contributed by atoms with Crippen LogP contribution >= 0.6 is 24.0 Å². The van der Waals surface area contributed by atoms with E-state index < -0.39 is 0 Å². The molecule has 168 valence electrons. The third kappa shape index (κ3) is 7.24. The number of rotatable bonds is 5. The lowest BCUT2D eigenvalue weighted by atomic mass is 9.97. The van der Waals surface area contributed by atoms with Crippen LogP contribution in [0.2, 0.25) is 0 Å². The van der Waals surface area contributed by atoms with Crippen molar-refractivity contribution < 1.29 is 9.53 Å². The summed E-state index contributed by atoms with van der Waals surface area (Å²) in [5, 5.41) is 3.60. The Balaban J connectivity index is 0.00000300. The lowest BCUT2D eigenvalue weighted by Gasteiger charge is -2.38. The van der Waals surface area contributed by atoms with Crippen LogP contribution < -0.4 is 5.32 Å². The first-order chi connectivity index (χ1) is 13.6. The molecule has 0 spiro atoms. The molecule has 3 rings (SSSR count). The summed E-state index contributed by atoms with van der Waals surface area (Å²) in [6.07, 6.45) is 4.26. The van der Waals surface area contributed by atoms with Gasteiger partial charge in [0.15, 0.2) is 5.96 Å². The minimum absolute atomic E-state index is 0. The number of guanidine groups is 1. The highest BCUT2D eigenvalue weighted by molar-refractivity contribution is 14.0. The van der Waals surface area contributed by atoms with E-state index in [0.29, 0.717) is 5.92 Å². The van der Waals surface area contributed by atoms with Crippen LogP contribution in [0.4, 0.5) is 0 Å². The molecule has 0 aromatic carbocycles. The molecule has 0 aromatic rings. The average Bonchev–Trinajstić information content (AvgIpc) is 3.23. The standard InChI is InChI=1S/C21H39N5O2.HI/c1-17(2)15-24-8-4-6-18(16-24)14-23-21(22-3)26-11-9-25(10-12-26)20(27)19-7-5-13-28-19;/h17-19H,4-16H2,1-3H3,(H,22,23);1H. The van der Waals surface area contributed by atoms with Gasteiger partial charge in [0.1, 0.15) is 6.10 Å². The van der Waals surface area contributed by atoms with Crippen LogP contribution in [-0.2, 0) is 9.53 Å². The maximum atomic E-state index is 12.5. The number of aliphatic imine (C=N–C) groups is 1. The monoisotopic (exact) mass is 521 g/mol. The summed E-state index contributed by atoms with van der Waals surface area (Å²) in [5.74, 6) is 2.57. The van der Waals surface area contributed by atoms with Crippen molar-refractivity contribution >= 4 is 35.8 Å². The van der Waals surface area contributed by atoms with Crippen molar-refractivity contribution in [3.63, 3.8) is 0 Å². The smallest absolute Gasteiger partial charge is 0.251 e. The first-order valence-electron chi connectivity index (χ1n) is 11.1. The maximum absolute atomic E-state index is 12.5. The van der Waals surface area contributed by atoms with Gasteiger partial charge in [-0.25, -0.2) is 0 Å². The molecule has 1 N–H and O–H groups in total. The summed E-state index contributed by atoms with van der Waals surface area (Å²) in [7, 11) is 1.86. The van der Waals surface area contributed by atoms with Crippen molar-refractivity contribution in [3.8, 4) is 0 Å². The molecule has 0 aromatic heterocycles. The van der Waals surface area contributed by atoms with Gasteiger partial charge < -0.3 is 24.8 Å². The second kappa shape index (κ2) is 12.3. The summed E-state index contributed by atoms with van der Waals surface area (Å²) < 4.78 is 5.56. The molecular formula is C21H40IN5O2. The third-order valence-corrected chi connectivity index (χ3v) is 6.08. The minimum atomic E-state index is -0.205. The molecule has 8 heteroatoms. The highest BCUT2D eigenvalue weighted by Gasteiger charge is 2.31. The minimum Gasteiger partial charge on any atom is -0.368 e. The molecule has 0 aliphatic carbocycles. The van der Waals surface area contributed by atoms with Crippen molar-refractivity contribution in [2.75, 3.05) is 66.0 Å². The topological polar surface area (TPSA) is 60.4 Å². The fraction of sp³-hybridized carbons (Fsp3) is 0.905. The zero-order valence-corrected chi connectivity index (χ0v) is 20.8. The molecule has 0 radical (unpaired) electrons. The van der Waals surface area contributed by atoms with Gasteiger partial charge in [-0.15, -0.1) is 24.0 Å². The van der Waals surface area contributed by atoms with Gasteiger partial charge in [0.25, 0.3) is 5.91 Å². The zero-order chi connectivity index (χ0) is 19.9. The summed E-state index contributed by atoms with van der Waals surface area (Å²) in [5.41, 5.74) is 0. The number of piperazine rings is 1. The molecule has 0 saturated carbocycles. The van der Waals surface area contributed by atoms with Crippen molar-refractivity contribution in [2.24, 2.45) is 16.8 Å². The van der Waals surface area contributed by atoms with E-state index in [1.54, 1.807) is 0 Å². The zero-order valence-electron chi connectivity index (χ0n) is 18.4. The predicted molar refractivity (Wildman–Crippen MR) is 128 cm³/mol. The normalized spacial score (nSPS) is 26.6. The van der Waals surface area contributed by atoms with Crippen molar-refractivity contribution in [2.45, 2.75) is 45.6 Å². The molecule has 3 saturated heterocycles. The van der Waals surface area contributed by atoms with Gasteiger partial charge in [-0.1, -0.05) is 13.8 Å². The first kappa shape index (κ1) is 24.7. The largest absolute Gasteiger partial charge is 0.368 e. The van der Waals surface area contributed by atoms with E-state index in [2.05, 4.69) is 34.0 Å². The fourth-order valence-corrected chi connectivity index (χ4v) is 4.68. The number of ether oxygens (including phenoxy) is 1. The lowest BCUT2D eigenvalue weighted by Crippen LogP contribution is -2.56. The number of nitrogens with zero attached hydrogens (tertiary/aromatic N) is 4. The van der Waals surface area contributed by atoms with E-state index in [9.17, 15) is 4.79 Å². The number of halogens is 1. The Morgan fingerprint density at radius 3 is 2.45 bits per heavy atom. The van der Waals surface area contributed by atoms with Crippen LogP contribution in [-0.4, -0.2) is 98.7 Å². The molecule has 3 fully saturated rings. The summed E-state index contributed by atoms with van der Waals surface area (Å²) in [4.78, 5) is 23.9. The van der Waals surface area contributed by atoms with Gasteiger partial charge in [-0.2, -0.15) is 0 Å².